The molecular formula is C13H17N3O3S. The Balaban J connectivity index is 2.73. The summed E-state index contributed by atoms with van der Waals surface area (Å²) >= 11 is 0. The van der Waals surface area contributed by atoms with Crippen LogP contribution >= 0.6 is 0 Å². The second-order valence-electron chi connectivity index (χ2n) is 4.64. The lowest BCUT2D eigenvalue weighted by Crippen LogP contribution is -2.41. The number of rotatable bonds is 5. The Kier molecular flexibility index (Phi) is 5.25. The highest BCUT2D eigenvalue weighted by Gasteiger charge is 2.22. The highest BCUT2D eigenvalue weighted by atomic mass is 32.2. The first kappa shape index (κ1) is 16.1. The van der Waals surface area contributed by atoms with E-state index in [4.69, 9.17) is 5.26 Å². The second kappa shape index (κ2) is 6.50. The van der Waals surface area contributed by atoms with E-state index in [2.05, 4.69) is 5.32 Å². The van der Waals surface area contributed by atoms with Crippen LogP contribution in [0.1, 0.15) is 19.4 Å². The predicted molar refractivity (Wildman–Crippen MR) is 76.5 cm³/mol. The molecule has 1 amide bonds. The van der Waals surface area contributed by atoms with E-state index < -0.39 is 15.9 Å². The van der Waals surface area contributed by atoms with Gasteiger partial charge < -0.3 is 5.32 Å². The smallest absolute Gasteiger partial charge is 0.239 e. The van der Waals surface area contributed by atoms with Gasteiger partial charge in [0.2, 0.25) is 15.9 Å². The average molecular weight is 295 g/mol. The van der Waals surface area contributed by atoms with E-state index in [9.17, 15) is 13.2 Å². The summed E-state index contributed by atoms with van der Waals surface area (Å²) in [6.45, 7) is 3.17. The molecule has 6 nitrogen and oxygen atoms in total. The Hall–Kier alpha value is -1.91. The molecule has 1 aromatic carbocycles. The van der Waals surface area contributed by atoms with Crippen LogP contribution in [-0.2, 0) is 14.8 Å². The van der Waals surface area contributed by atoms with Gasteiger partial charge in [0.05, 0.1) is 24.4 Å². The molecule has 0 aliphatic rings. The summed E-state index contributed by atoms with van der Waals surface area (Å²) in [6.07, 6.45) is 1.07. The number of carbonyl (C=O) groups excluding carboxylic acids is 1. The maximum atomic E-state index is 11.8. The fourth-order valence-electron chi connectivity index (χ4n) is 1.65. The highest BCUT2D eigenvalue weighted by molar-refractivity contribution is 7.88. The third kappa shape index (κ3) is 4.64. The van der Waals surface area contributed by atoms with E-state index in [0.29, 0.717) is 11.3 Å². The molecule has 0 fully saturated rings. The van der Waals surface area contributed by atoms with Crippen LogP contribution in [0, 0.1) is 11.3 Å². The van der Waals surface area contributed by atoms with Crippen molar-refractivity contribution in [2.75, 3.05) is 18.1 Å². The molecule has 7 heteroatoms. The first-order valence-corrected chi connectivity index (χ1v) is 7.85. The molecular weight excluding hydrogens is 278 g/mol. The number of amides is 1. The number of hydrogen-bond donors (Lipinski definition) is 1. The molecule has 1 aromatic rings. The lowest BCUT2D eigenvalue weighted by atomic mass is 10.2. The van der Waals surface area contributed by atoms with Gasteiger partial charge in [-0.1, -0.05) is 0 Å². The number of benzene rings is 1. The van der Waals surface area contributed by atoms with Gasteiger partial charge in [-0.3, -0.25) is 4.79 Å². The van der Waals surface area contributed by atoms with Gasteiger partial charge in [-0.2, -0.15) is 9.57 Å². The van der Waals surface area contributed by atoms with Crippen molar-refractivity contribution in [2.24, 2.45) is 0 Å². The summed E-state index contributed by atoms with van der Waals surface area (Å²) < 4.78 is 24.2. The fourth-order valence-corrected chi connectivity index (χ4v) is 2.77. The molecule has 20 heavy (non-hydrogen) atoms. The molecule has 0 bridgehead atoms. The van der Waals surface area contributed by atoms with E-state index in [1.165, 1.54) is 0 Å². The average Bonchev–Trinajstić information content (AvgIpc) is 2.35. The van der Waals surface area contributed by atoms with Crippen LogP contribution in [0.4, 0.5) is 5.69 Å². The summed E-state index contributed by atoms with van der Waals surface area (Å²) in [5.41, 5.74) is 1.01. The zero-order chi connectivity index (χ0) is 15.3. The third-order valence-electron chi connectivity index (χ3n) is 2.60. The van der Waals surface area contributed by atoms with Gasteiger partial charge in [-0.05, 0) is 38.1 Å². The number of nitrogens with zero attached hydrogens (tertiary/aromatic N) is 2. The molecule has 0 aromatic heterocycles. The Morgan fingerprint density at radius 3 is 2.30 bits per heavy atom. The van der Waals surface area contributed by atoms with Crippen molar-refractivity contribution >= 4 is 21.6 Å². The van der Waals surface area contributed by atoms with Crippen molar-refractivity contribution in [1.29, 1.82) is 5.26 Å². The molecule has 1 rings (SSSR count). The number of carbonyl (C=O) groups is 1. The number of nitriles is 1. The largest absolute Gasteiger partial charge is 0.325 e. The lowest BCUT2D eigenvalue weighted by Gasteiger charge is -2.23. The molecule has 0 saturated heterocycles. The minimum atomic E-state index is -3.43. The highest BCUT2D eigenvalue weighted by Crippen LogP contribution is 2.10. The van der Waals surface area contributed by atoms with E-state index in [1.54, 1.807) is 38.1 Å². The fraction of sp³-hybridized carbons (Fsp3) is 0.385. The molecule has 1 N–H and O–H groups in total. The molecule has 0 unspecified atom stereocenters. The monoisotopic (exact) mass is 295 g/mol. The molecule has 0 aliphatic carbocycles. The quantitative estimate of drug-likeness (QED) is 0.882. The van der Waals surface area contributed by atoms with E-state index in [0.717, 1.165) is 10.6 Å². The van der Waals surface area contributed by atoms with E-state index in [-0.39, 0.29) is 12.6 Å². The molecule has 0 aliphatic heterocycles. The summed E-state index contributed by atoms with van der Waals surface area (Å²) in [5, 5.41) is 11.3. The molecule has 0 spiro atoms. The van der Waals surface area contributed by atoms with Crippen molar-refractivity contribution in [3.05, 3.63) is 29.8 Å². The topological polar surface area (TPSA) is 90.3 Å². The van der Waals surface area contributed by atoms with Gasteiger partial charge in [0, 0.05) is 11.7 Å². The van der Waals surface area contributed by atoms with Gasteiger partial charge in [0.25, 0.3) is 0 Å². The molecule has 0 heterocycles. The maximum Gasteiger partial charge on any atom is 0.239 e. The Morgan fingerprint density at radius 2 is 1.90 bits per heavy atom. The van der Waals surface area contributed by atoms with Crippen molar-refractivity contribution in [3.8, 4) is 6.07 Å². The normalized spacial score (nSPS) is 11.4. The van der Waals surface area contributed by atoms with Crippen LogP contribution in [0.3, 0.4) is 0 Å². The van der Waals surface area contributed by atoms with E-state index >= 15 is 0 Å². The number of sulfonamides is 1. The molecule has 108 valence electrons. The maximum absolute atomic E-state index is 11.8. The predicted octanol–water partition coefficient (Wildman–Crippen LogP) is 1.17. The Bertz CT molecular complexity index is 615. The van der Waals surface area contributed by atoms with Gasteiger partial charge >= 0.3 is 0 Å². The Morgan fingerprint density at radius 1 is 1.35 bits per heavy atom. The van der Waals surface area contributed by atoms with Crippen LogP contribution in [0.5, 0.6) is 0 Å². The molecule has 0 saturated carbocycles. The van der Waals surface area contributed by atoms with Crippen molar-refractivity contribution in [3.63, 3.8) is 0 Å². The van der Waals surface area contributed by atoms with Crippen LogP contribution < -0.4 is 5.32 Å². The lowest BCUT2D eigenvalue weighted by molar-refractivity contribution is -0.116. The van der Waals surface area contributed by atoms with Gasteiger partial charge in [0.1, 0.15) is 0 Å². The summed E-state index contributed by atoms with van der Waals surface area (Å²) in [4.78, 5) is 11.8. The summed E-state index contributed by atoms with van der Waals surface area (Å²) in [7, 11) is -3.43. The number of hydrogen-bond acceptors (Lipinski definition) is 4. The van der Waals surface area contributed by atoms with Crippen LogP contribution in [0.25, 0.3) is 0 Å². The number of anilines is 1. The van der Waals surface area contributed by atoms with Crippen molar-refractivity contribution in [2.45, 2.75) is 19.9 Å². The second-order valence-corrected chi connectivity index (χ2v) is 6.57. The summed E-state index contributed by atoms with van der Waals surface area (Å²) in [6, 6.07) is 8.02. The van der Waals surface area contributed by atoms with Gasteiger partial charge in [-0.15, -0.1) is 0 Å². The van der Waals surface area contributed by atoms with Crippen LogP contribution in [-0.4, -0.2) is 37.5 Å². The van der Waals surface area contributed by atoms with Crippen LogP contribution in [0.15, 0.2) is 24.3 Å². The standard InChI is InChI=1S/C13H17N3O3S/c1-10(2)16(20(3,18)19)9-13(17)15-12-6-4-11(8-14)5-7-12/h4-7,10H,9H2,1-3H3,(H,15,17). The SMILES string of the molecule is CC(C)N(CC(=O)Nc1ccc(C#N)cc1)S(C)(=O)=O. The minimum Gasteiger partial charge on any atom is -0.325 e. The molecule has 0 atom stereocenters. The van der Waals surface area contributed by atoms with Crippen LogP contribution in [0.2, 0.25) is 0 Å². The minimum absolute atomic E-state index is 0.240. The molecule has 0 radical (unpaired) electrons. The summed E-state index contributed by atoms with van der Waals surface area (Å²) in [5.74, 6) is -0.422. The first-order chi connectivity index (χ1) is 9.24. The third-order valence-corrected chi connectivity index (χ3v) is 4.00. The van der Waals surface area contributed by atoms with E-state index in [1.807, 2.05) is 6.07 Å². The first-order valence-electron chi connectivity index (χ1n) is 6.01. The van der Waals surface area contributed by atoms with Gasteiger partial charge in [0.15, 0.2) is 0 Å². The van der Waals surface area contributed by atoms with Crippen molar-refractivity contribution in [1.82, 2.24) is 4.31 Å². The van der Waals surface area contributed by atoms with Crippen molar-refractivity contribution < 1.29 is 13.2 Å². The zero-order valence-corrected chi connectivity index (χ0v) is 12.4. The zero-order valence-electron chi connectivity index (χ0n) is 11.6. The Labute approximate surface area is 119 Å². The number of nitrogens with one attached hydrogen (secondary N) is 1. The van der Waals surface area contributed by atoms with Gasteiger partial charge in [-0.25, -0.2) is 8.42 Å².